The number of aliphatic hydroxyl groups excluding tert-OH is 2. The molecule has 0 saturated carbocycles. The summed E-state index contributed by atoms with van der Waals surface area (Å²) in [6.07, 6.45) is 0. The number of carbonyl (C=O) groups excluding carboxylic acids is 2. The Labute approximate surface area is 125 Å². The van der Waals surface area contributed by atoms with Crippen LogP contribution in [0.2, 0.25) is 0 Å². The molecule has 2 N–H and O–H groups in total. The molecule has 0 bridgehead atoms. The van der Waals surface area contributed by atoms with E-state index < -0.39 is 11.9 Å². The van der Waals surface area contributed by atoms with Gasteiger partial charge in [-0.15, -0.1) is 0 Å². The van der Waals surface area contributed by atoms with Gasteiger partial charge in [-0.3, -0.25) is 0 Å². The predicted molar refractivity (Wildman–Crippen MR) is 74.3 cm³/mol. The first-order valence-electron chi connectivity index (χ1n) is 6.49. The van der Waals surface area contributed by atoms with Gasteiger partial charge in [0.15, 0.2) is 17.0 Å². The largest absolute Gasteiger partial charge is 0.459 e. The Kier molecular flexibility index (Phi) is 5.34. The van der Waals surface area contributed by atoms with Gasteiger partial charge in [0.25, 0.3) is 0 Å². The summed E-state index contributed by atoms with van der Waals surface area (Å²) in [4.78, 5) is 31.4. The minimum absolute atomic E-state index is 0.0225. The van der Waals surface area contributed by atoms with Gasteiger partial charge in [-0.25, -0.2) is 19.6 Å². The zero-order valence-corrected chi connectivity index (χ0v) is 11.6. The first-order valence-corrected chi connectivity index (χ1v) is 6.49. The van der Waals surface area contributed by atoms with Crippen LogP contribution in [0.4, 0.5) is 0 Å². The molecule has 0 aliphatic carbocycles. The topological polar surface area (TPSA) is 119 Å². The predicted octanol–water partition coefficient (Wildman–Crippen LogP) is -0.0720. The maximum Gasteiger partial charge on any atom is 0.357 e. The van der Waals surface area contributed by atoms with Crippen LogP contribution in [0.5, 0.6) is 0 Å². The molecule has 8 heteroatoms. The molecule has 0 unspecified atom stereocenters. The van der Waals surface area contributed by atoms with Crippen molar-refractivity contribution in [2.45, 2.75) is 0 Å². The lowest BCUT2D eigenvalue weighted by Gasteiger charge is -2.05. The Hall–Kier alpha value is -2.58. The fourth-order valence-electron chi connectivity index (χ4n) is 1.65. The molecule has 116 valence electrons. The van der Waals surface area contributed by atoms with E-state index >= 15 is 0 Å². The maximum absolute atomic E-state index is 11.7. The van der Waals surface area contributed by atoms with Crippen LogP contribution in [0.15, 0.2) is 24.3 Å². The van der Waals surface area contributed by atoms with Crippen LogP contribution in [0.3, 0.4) is 0 Å². The number of aromatic nitrogens is 2. The molecule has 0 aliphatic rings. The van der Waals surface area contributed by atoms with E-state index in [1.165, 1.54) is 12.1 Å². The third-order valence-corrected chi connectivity index (χ3v) is 2.62. The number of carbonyl (C=O) groups is 2. The molecular weight excluding hydrogens is 292 g/mol. The quantitative estimate of drug-likeness (QED) is 0.712. The van der Waals surface area contributed by atoms with Gasteiger partial charge in [0.2, 0.25) is 0 Å². The normalized spacial score (nSPS) is 10.5. The van der Waals surface area contributed by atoms with Crippen molar-refractivity contribution in [2.24, 2.45) is 0 Å². The molecular formula is C14H14N2O6. The molecule has 0 atom stereocenters. The van der Waals surface area contributed by atoms with Gasteiger partial charge in [-0.1, -0.05) is 0 Å². The first kappa shape index (κ1) is 15.8. The third-order valence-electron chi connectivity index (χ3n) is 2.62. The van der Waals surface area contributed by atoms with E-state index in [1.54, 1.807) is 12.1 Å². The molecule has 8 nitrogen and oxygen atoms in total. The minimum Gasteiger partial charge on any atom is -0.459 e. The number of hydrogen-bond donors (Lipinski definition) is 2. The Morgan fingerprint density at radius 1 is 0.864 bits per heavy atom. The van der Waals surface area contributed by atoms with E-state index in [0.29, 0.717) is 5.39 Å². The highest BCUT2D eigenvalue weighted by atomic mass is 16.5. The van der Waals surface area contributed by atoms with Crippen LogP contribution in [-0.2, 0) is 9.47 Å². The second-order valence-electron chi connectivity index (χ2n) is 4.16. The van der Waals surface area contributed by atoms with Gasteiger partial charge < -0.3 is 19.7 Å². The minimum atomic E-state index is -0.689. The fraction of sp³-hybridized carbons (Fsp3) is 0.286. The molecule has 0 aromatic carbocycles. The van der Waals surface area contributed by atoms with E-state index in [4.69, 9.17) is 19.7 Å². The van der Waals surface area contributed by atoms with Gasteiger partial charge >= 0.3 is 11.9 Å². The van der Waals surface area contributed by atoms with E-state index in [-0.39, 0.29) is 43.5 Å². The van der Waals surface area contributed by atoms with Crippen molar-refractivity contribution >= 4 is 23.0 Å². The van der Waals surface area contributed by atoms with Crippen molar-refractivity contribution in [1.82, 2.24) is 9.97 Å². The summed E-state index contributed by atoms with van der Waals surface area (Å²) in [5.74, 6) is -1.38. The number of rotatable bonds is 6. The second-order valence-corrected chi connectivity index (χ2v) is 4.16. The van der Waals surface area contributed by atoms with Gasteiger partial charge in [0.1, 0.15) is 13.2 Å². The zero-order valence-electron chi connectivity index (χ0n) is 11.6. The SMILES string of the molecule is O=C(OCCO)c1ccc2ccc(C(=O)OCCO)nc2n1. The maximum atomic E-state index is 11.7. The van der Waals surface area contributed by atoms with Gasteiger partial charge in [0.05, 0.1) is 13.2 Å². The summed E-state index contributed by atoms with van der Waals surface area (Å²) in [7, 11) is 0. The summed E-state index contributed by atoms with van der Waals surface area (Å²) >= 11 is 0. The molecule has 0 radical (unpaired) electrons. The number of hydrogen-bond acceptors (Lipinski definition) is 8. The van der Waals surface area contributed by atoms with Gasteiger partial charge in [-0.05, 0) is 24.3 Å². The molecule has 22 heavy (non-hydrogen) atoms. The van der Waals surface area contributed by atoms with Crippen molar-refractivity contribution in [3.63, 3.8) is 0 Å². The van der Waals surface area contributed by atoms with Crippen LogP contribution in [0.1, 0.15) is 21.0 Å². The highest BCUT2D eigenvalue weighted by Gasteiger charge is 2.13. The second kappa shape index (κ2) is 7.43. The molecule has 0 fully saturated rings. The number of fused-ring (bicyclic) bond motifs is 1. The van der Waals surface area contributed by atoms with Crippen molar-refractivity contribution < 1.29 is 29.3 Å². The van der Waals surface area contributed by atoms with Crippen molar-refractivity contribution in [1.29, 1.82) is 0 Å². The number of pyridine rings is 2. The summed E-state index contributed by atoms with van der Waals surface area (Å²) in [6, 6.07) is 6.17. The number of ether oxygens (including phenoxy) is 2. The highest BCUT2D eigenvalue weighted by molar-refractivity contribution is 5.92. The summed E-state index contributed by atoms with van der Waals surface area (Å²) < 4.78 is 9.52. The Bertz CT molecular complexity index is 633. The average Bonchev–Trinajstić information content (AvgIpc) is 2.56. The summed E-state index contributed by atoms with van der Waals surface area (Å²) in [6.45, 7) is -0.810. The van der Waals surface area contributed by atoms with Crippen LogP contribution >= 0.6 is 0 Å². The van der Waals surface area contributed by atoms with Crippen LogP contribution in [-0.4, -0.2) is 58.5 Å². The molecule has 2 aromatic rings. The Morgan fingerprint density at radius 3 is 1.73 bits per heavy atom. The lowest BCUT2D eigenvalue weighted by molar-refractivity contribution is 0.0422. The molecule has 0 amide bonds. The molecule has 2 heterocycles. The lowest BCUT2D eigenvalue weighted by Crippen LogP contribution is -2.12. The number of aliphatic hydroxyl groups is 2. The monoisotopic (exact) mass is 306 g/mol. The van der Waals surface area contributed by atoms with Gasteiger partial charge in [-0.2, -0.15) is 0 Å². The smallest absolute Gasteiger partial charge is 0.357 e. The molecule has 0 spiro atoms. The van der Waals surface area contributed by atoms with E-state index in [0.717, 1.165) is 0 Å². The van der Waals surface area contributed by atoms with Gasteiger partial charge in [0, 0.05) is 5.39 Å². The molecule has 0 saturated heterocycles. The summed E-state index contributed by atoms with van der Waals surface area (Å²) in [5, 5.41) is 17.9. The zero-order chi connectivity index (χ0) is 15.9. The first-order chi connectivity index (χ1) is 10.7. The number of esters is 2. The third kappa shape index (κ3) is 3.74. The Balaban J connectivity index is 2.26. The van der Waals surface area contributed by atoms with E-state index in [1.807, 2.05) is 0 Å². The molecule has 2 aromatic heterocycles. The van der Waals surface area contributed by atoms with Crippen LogP contribution < -0.4 is 0 Å². The van der Waals surface area contributed by atoms with Crippen LogP contribution in [0, 0.1) is 0 Å². The van der Waals surface area contributed by atoms with Crippen molar-refractivity contribution in [2.75, 3.05) is 26.4 Å². The summed E-state index contributed by atoms with van der Waals surface area (Å²) in [5.41, 5.74) is 0.237. The lowest BCUT2D eigenvalue weighted by atomic mass is 10.2. The average molecular weight is 306 g/mol. The number of nitrogens with zero attached hydrogens (tertiary/aromatic N) is 2. The highest BCUT2D eigenvalue weighted by Crippen LogP contribution is 2.13. The standard InChI is InChI=1S/C14H14N2O6/c17-5-7-21-13(19)10-3-1-9-2-4-11(16-12(9)15-10)14(20)22-8-6-18/h1-4,17-18H,5-8H2. The van der Waals surface area contributed by atoms with E-state index in [9.17, 15) is 9.59 Å². The molecule has 0 aliphatic heterocycles. The molecule has 2 rings (SSSR count). The fourth-order valence-corrected chi connectivity index (χ4v) is 1.65. The van der Waals surface area contributed by atoms with Crippen molar-refractivity contribution in [3.05, 3.63) is 35.7 Å². The van der Waals surface area contributed by atoms with Crippen molar-refractivity contribution in [3.8, 4) is 0 Å². The Morgan fingerprint density at radius 2 is 1.32 bits per heavy atom. The van der Waals surface area contributed by atoms with E-state index in [2.05, 4.69) is 9.97 Å². The van der Waals surface area contributed by atoms with Crippen LogP contribution in [0.25, 0.3) is 11.0 Å².